The van der Waals surface area contributed by atoms with Crippen LogP contribution in [0.25, 0.3) is 11.5 Å². The van der Waals surface area contributed by atoms with E-state index < -0.39 is 0 Å². The van der Waals surface area contributed by atoms with E-state index >= 15 is 0 Å². The van der Waals surface area contributed by atoms with Gasteiger partial charge in [0.25, 0.3) is 5.91 Å². The molecule has 6 nitrogen and oxygen atoms in total. The first-order valence-corrected chi connectivity index (χ1v) is 8.72. The molecule has 6 heteroatoms. The lowest BCUT2D eigenvalue weighted by atomic mass is 10.2. The second kappa shape index (κ2) is 7.80. The summed E-state index contributed by atoms with van der Waals surface area (Å²) in [6, 6.07) is 9.58. The van der Waals surface area contributed by atoms with Crippen LogP contribution in [0.4, 0.5) is 0 Å². The highest BCUT2D eigenvalue weighted by Crippen LogP contribution is 2.21. The van der Waals surface area contributed by atoms with Crippen molar-refractivity contribution in [2.75, 3.05) is 26.2 Å². The molecule has 1 aromatic heterocycles. The smallest absolute Gasteiger partial charge is 0.273 e. The summed E-state index contributed by atoms with van der Waals surface area (Å²) in [7, 11) is 0. The normalized spacial score (nSPS) is 21.2. The molecule has 0 aliphatic carbocycles. The summed E-state index contributed by atoms with van der Waals surface area (Å²) in [6.45, 7) is 9.07. The van der Waals surface area contributed by atoms with Crippen molar-refractivity contribution in [2.45, 2.75) is 33.0 Å². The molecule has 2 aromatic rings. The van der Waals surface area contributed by atoms with Crippen LogP contribution < -0.4 is 5.32 Å². The van der Waals surface area contributed by atoms with Crippen LogP contribution in [-0.4, -0.2) is 54.2 Å². The number of nitrogens with one attached hydrogen (secondary N) is 1. The topological polar surface area (TPSA) is 67.6 Å². The maximum Gasteiger partial charge on any atom is 0.273 e. The average Bonchev–Trinajstić information content (AvgIpc) is 2.97. The molecule has 1 aromatic carbocycles. The van der Waals surface area contributed by atoms with Gasteiger partial charge in [-0.05, 0) is 32.9 Å². The molecule has 0 bridgehead atoms. The number of rotatable bonds is 5. The number of benzene rings is 1. The van der Waals surface area contributed by atoms with E-state index in [1.165, 1.54) is 0 Å². The largest absolute Gasteiger partial charge is 0.441 e. The minimum atomic E-state index is -0.196. The number of oxazole rings is 1. The Balaban J connectivity index is 1.56. The van der Waals surface area contributed by atoms with E-state index in [9.17, 15) is 4.79 Å². The number of hydrogen-bond acceptors (Lipinski definition) is 5. The average molecular weight is 343 g/mol. The summed E-state index contributed by atoms with van der Waals surface area (Å²) in [6.07, 6.45) is 0.455. The van der Waals surface area contributed by atoms with E-state index in [0.717, 1.165) is 25.2 Å². The van der Waals surface area contributed by atoms with Crippen LogP contribution in [0.2, 0.25) is 0 Å². The molecule has 1 saturated heterocycles. The second-order valence-electron chi connectivity index (χ2n) is 6.56. The van der Waals surface area contributed by atoms with Gasteiger partial charge in [0.05, 0.1) is 12.2 Å². The Morgan fingerprint density at radius 3 is 2.60 bits per heavy atom. The molecular formula is C19H25N3O3. The Morgan fingerprint density at radius 2 is 1.92 bits per heavy atom. The molecule has 1 N–H and O–H groups in total. The van der Waals surface area contributed by atoms with Crippen LogP contribution in [0.1, 0.15) is 30.1 Å². The molecule has 1 fully saturated rings. The van der Waals surface area contributed by atoms with E-state index in [2.05, 4.69) is 29.0 Å². The van der Waals surface area contributed by atoms with E-state index in [1.54, 1.807) is 6.92 Å². The van der Waals surface area contributed by atoms with E-state index in [-0.39, 0.29) is 18.1 Å². The van der Waals surface area contributed by atoms with Crippen LogP contribution in [0.15, 0.2) is 34.7 Å². The fourth-order valence-electron chi connectivity index (χ4n) is 3.19. The third-order valence-electron chi connectivity index (χ3n) is 4.24. The van der Waals surface area contributed by atoms with Gasteiger partial charge >= 0.3 is 0 Å². The van der Waals surface area contributed by atoms with Crippen LogP contribution in [0, 0.1) is 6.92 Å². The number of morpholine rings is 1. The Kier molecular flexibility index (Phi) is 5.50. The standard InChI is InChI=1S/C19H25N3O3/c1-13-11-22(12-14(2)24-13)10-9-20-18(23)17-15(3)25-19(21-17)16-7-5-4-6-8-16/h4-8,13-14H,9-12H2,1-3H3,(H,20,23)/t13-,14-/m1/s1. The highest BCUT2D eigenvalue weighted by atomic mass is 16.5. The van der Waals surface area contributed by atoms with Crippen molar-refractivity contribution in [1.82, 2.24) is 15.2 Å². The molecule has 2 atom stereocenters. The lowest BCUT2D eigenvalue weighted by Gasteiger charge is -2.35. The zero-order chi connectivity index (χ0) is 17.8. The van der Waals surface area contributed by atoms with Gasteiger partial charge in [-0.1, -0.05) is 18.2 Å². The summed E-state index contributed by atoms with van der Waals surface area (Å²) < 4.78 is 11.4. The van der Waals surface area contributed by atoms with Gasteiger partial charge < -0.3 is 14.5 Å². The van der Waals surface area contributed by atoms with E-state index in [1.807, 2.05) is 30.3 Å². The summed E-state index contributed by atoms with van der Waals surface area (Å²) in [5.74, 6) is 0.807. The lowest BCUT2D eigenvalue weighted by molar-refractivity contribution is -0.0672. The van der Waals surface area contributed by atoms with Gasteiger partial charge in [0, 0.05) is 31.7 Å². The number of aromatic nitrogens is 1. The second-order valence-corrected chi connectivity index (χ2v) is 6.56. The predicted octanol–water partition coefficient (Wildman–Crippen LogP) is 2.49. The molecule has 3 rings (SSSR count). The van der Waals surface area contributed by atoms with Crippen molar-refractivity contribution in [1.29, 1.82) is 0 Å². The SMILES string of the molecule is Cc1oc(-c2ccccc2)nc1C(=O)NCCN1C[C@@H](C)O[C@H](C)C1. The molecular weight excluding hydrogens is 318 g/mol. The zero-order valence-corrected chi connectivity index (χ0v) is 15.0. The lowest BCUT2D eigenvalue weighted by Crippen LogP contribution is -2.47. The Morgan fingerprint density at radius 1 is 1.24 bits per heavy atom. The molecule has 134 valence electrons. The first kappa shape index (κ1) is 17.6. The minimum Gasteiger partial charge on any atom is -0.441 e. The van der Waals surface area contributed by atoms with Crippen molar-refractivity contribution in [3.05, 3.63) is 41.8 Å². The van der Waals surface area contributed by atoms with Crippen molar-refractivity contribution in [3.8, 4) is 11.5 Å². The third-order valence-corrected chi connectivity index (χ3v) is 4.24. The van der Waals surface area contributed by atoms with Gasteiger partial charge in [-0.2, -0.15) is 0 Å². The first-order valence-electron chi connectivity index (χ1n) is 8.72. The Labute approximate surface area is 148 Å². The number of aryl methyl sites for hydroxylation is 1. The van der Waals surface area contributed by atoms with Crippen LogP contribution in [-0.2, 0) is 4.74 Å². The van der Waals surface area contributed by atoms with Crippen molar-refractivity contribution in [2.24, 2.45) is 0 Å². The monoisotopic (exact) mass is 343 g/mol. The van der Waals surface area contributed by atoms with Gasteiger partial charge in [0.15, 0.2) is 5.69 Å². The summed E-state index contributed by atoms with van der Waals surface area (Å²) in [4.78, 5) is 19.1. The van der Waals surface area contributed by atoms with Gasteiger partial charge in [0.2, 0.25) is 5.89 Å². The number of hydrogen-bond donors (Lipinski definition) is 1. The maximum atomic E-state index is 12.4. The van der Waals surface area contributed by atoms with Gasteiger partial charge in [0.1, 0.15) is 5.76 Å². The van der Waals surface area contributed by atoms with Crippen molar-refractivity contribution < 1.29 is 13.9 Å². The minimum absolute atomic E-state index is 0.196. The molecule has 0 radical (unpaired) electrons. The van der Waals surface area contributed by atoms with Crippen LogP contribution in [0.3, 0.4) is 0 Å². The fraction of sp³-hybridized carbons (Fsp3) is 0.474. The number of nitrogens with zero attached hydrogens (tertiary/aromatic N) is 2. The number of carbonyl (C=O) groups excluding carboxylic acids is 1. The molecule has 0 spiro atoms. The number of ether oxygens (including phenoxy) is 1. The molecule has 25 heavy (non-hydrogen) atoms. The number of amides is 1. The van der Waals surface area contributed by atoms with Crippen LogP contribution in [0.5, 0.6) is 0 Å². The molecule has 0 unspecified atom stereocenters. The highest BCUT2D eigenvalue weighted by molar-refractivity contribution is 5.93. The van der Waals surface area contributed by atoms with Crippen molar-refractivity contribution in [3.63, 3.8) is 0 Å². The molecule has 1 aliphatic rings. The zero-order valence-electron chi connectivity index (χ0n) is 15.0. The van der Waals surface area contributed by atoms with E-state index in [4.69, 9.17) is 9.15 Å². The molecule has 1 amide bonds. The maximum absolute atomic E-state index is 12.4. The fourth-order valence-corrected chi connectivity index (χ4v) is 3.19. The third kappa shape index (κ3) is 4.46. The highest BCUT2D eigenvalue weighted by Gasteiger charge is 2.22. The summed E-state index contributed by atoms with van der Waals surface area (Å²) in [5.41, 5.74) is 1.21. The van der Waals surface area contributed by atoms with Gasteiger partial charge in [-0.3, -0.25) is 9.69 Å². The summed E-state index contributed by atoms with van der Waals surface area (Å²) in [5, 5.41) is 2.94. The molecule has 2 heterocycles. The Hall–Kier alpha value is -2.18. The van der Waals surface area contributed by atoms with Crippen LogP contribution >= 0.6 is 0 Å². The summed E-state index contributed by atoms with van der Waals surface area (Å²) >= 11 is 0. The molecule has 1 aliphatic heterocycles. The predicted molar refractivity (Wildman–Crippen MR) is 95.5 cm³/mol. The van der Waals surface area contributed by atoms with E-state index in [0.29, 0.717) is 23.9 Å². The quantitative estimate of drug-likeness (QED) is 0.903. The van der Waals surface area contributed by atoms with Gasteiger partial charge in [-0.25, -0.2) is 4.98 Å². The Bertz CT molecular complexity index is 704. The molecule has 0 saturated carbocycles. The van der Waals surface area contributed by atoms with Gasteiger partial charge in [-0.15, -0.1) is 0 Å². The van der Waals surface area contributed by atoms with Crippen molar-refractivity contribution >= 4 is 5.91 Å². The first-order chi connectivity index (χ1) is 12.0. The number of carbonyl (C=O) groups is 1.